The molecule has 0 saturated heterocycles. The summed E-state index contributed by atoms with van der Waals surface area (Å²) in [5.74, 6) is 0. The quantitative estimate of drug-likeness (QED) is 0.512. The van der Waals surface area contributed by atoms with Gasteiger partial charge in [0, 0.05) is 0 Å². The zero-order valence-corrected chi connectivity index (χ0v) is 11.1. The van der Waals surface area contributed by atoms with Crippen LogP contribution in [0.3, 0.4) is 0 Å². The van der Waals surface area contributed by atoms with Crippen LogP contribution < -0.4 is 0 Å². The van der Waals surface area contributed by atoms with E-state index in [1.165, 1.54) is 0 Å². The standard InChI is InChI=1S/Ca.Ce.Hf.O/q+2;+3;+4;-2. The van der Waals surface area contributed by atoms with Crippen LogP contribution in [-0.2, 0) is 31.3 Å². The van der Waals surface area contributed by atoms with Crippen LogP contribution in [0.2, 0.25) is 0 Å². The molecule has 0 amide bonds. The van der Waals surface area contributed by atoms with Gasteiger partial charge in [0.2, 0.25) is 0 Å². The normalized spacial score (nSPS) is 0. The van der Waals surface area contributed by atoms with Crippen molar-refractivity contribution < 1.29 is 73.1 Å². The Labute approximate surface area is 108 Å². The molecular formula is CaCeHfO+7. The van der Waals surface area contributed by atoms with Gasteiger partial charge < -0.3 is 5.48 Å². The van der Waals surface area contributed by atoms with E-state index in [1.54, 1.807) is 0 Å². The van der Waals surface area contributed by atoms with Gasteiger partial charge >= 0.3 is 105 Å². The van der Waals surface area contributed by atoms with Crippen LogP contribution in [0.25, 0.3) is 0 Å². The maximum atomic E-state index is 0. The number of hydrogen-bond acceptors (Lipinski definition) is 0. The zero-order valence-electron chi connectivity index (χ0n) is 2.12. The maximum Gasteiger partial charge on any atom is 4.00 e. The van der Waals surface area contributed by atoms with Crippen molar-refractivity contribution in [3.05, 3.63) is 0 Å². The first-order valence-electron chi connectivity index (χ1n) is 0. The van der Waals surface area contributed by atoms with E-state index in [4.69, 9.17) is 0 Å². The van der Waals surface area contributed by atoms with E-state index >= 15 is 0 Å². The fourth-order valence-corrected chi connectivity index (χ4v) is 0. The van der Waals surface area contributed by atoms with Crippen molar-refractivity contribution in [2.75, 3.05) is 0 Å². The summed E-state index contributed by atoms with van der Waals surface area (Å²) in [6.45, 7) is 0. The molecule has 0 unspecified atom stereocenters. The van der Waals surface area contributed by atoms with Gasteiger partial charge in [-0.15, -0.1) is 0 Å². The van der Waals surface area contributed by atoms with Crippen molar-refractivity contribution in [1.82, 2.24) is 0 Å². The summed E-state index contributed by atoms with van der Waals surface area (Å²) < 4.78 is 0. The van der Waals surface area contributed by atoms with Gasteiger partial charge in [-0.25, -0.2) is 0 Å². The van der Waals surface area contributed by atoms with Crippen LogP contribution in [0.1, 0.15) is 0 Å². The Kier molecular flexibility index (Phi) is 104. The Morgan fingerprint density at radius 3 is 1.00 bits per heavy atom. The van der Waals surface area contributed by atoms with Gasteiger partial charge in [0.15, 0.2) is 0 Å². The average molecular weight is 375 g/mol. The van der Waals surface area contributed by atoms with E-state index in [0.29, 0.717) is 0 Å². The van der Waals surface area contributed by atoms with E-state index in [0.717, 1.165) is 0 Å². The molecule has 0 atom stereocenters. The van der Waals surface area contributed by atoms with Crippen molar-refractivity contribution in [3.8, 4) is 0 Å². The molecule has 1 radical (unpaired) electrons. The second-order valence-corrected chi connectivity index (χ2v) is 0. The van der Waals surface area contributed by atoms with Crippen LogP contribution in [0, 0.1) is 41.7 Å². The fraction of sp³-hybridized carbons (Fsp3) is 0. The third-order valence-electron chi connectivity index (χ3n) is 0. The molecule has 0 aromatic carbocycles. The molecule has 0 aliphatic carbocycles. The third kappa shape index (κ3) is 9.08. The Hall–Kier alpha value is 3.47. The second-order valence-electron chi connectivity index (χ2n) is 0. The van der Waals surface area contributed by atoms with Gasteiger partial charge in [0.25, 0.3) is 0 Å². The molecular weight excluding hydrogens is 375 g/mol. The molecule has 0 N–H and O–H groups in total. The average Bonchev–Trinajstić information content (AvgIpc) is 0. The molecule has 0 heterocycles. The first-order valence-corrected chi connectivity index (χ1v) is 0. The van der Waals surface area contributed by atoms with E-state index in [2.05, 4.69) is 0 Å². The molecule has 9 valence electrons. The molecule has 4 heteroatoms. The van der Waals surface area contributed by atoms with Crippen LogP contribution in [-0.4, -0.2) is 37.7 Å². The molecule has 1 nitrogen and oxygen atoms in total. The van der Waals surface area contributed by atoms with Gasteiger partial charge in [-0.2, -0.15) is 0 Å². The molecule has 0 aliphatic heterocycles. The summed E-state index contributed by atoms with van der Waals surface area (Å²) in [6, 6.07) is 0. The Morgan fingerprint density at radius 1 is 1.00 bits per heavy atom. The van der Waals surface area contributed by atoms with Crippen molar-refractivity contribution in [2.45, 2.75) is 0 Å². The Morgan fingerprint density at radius 2 is 1.00 bits per heavy atom. The van der Waals surface area contributed by atoms with E-state index in [1.807, 2.05) is 0 Å². The smallest absolute Gasteiger partial charge is 2.00 e. The van der Waals surface area contributed by atoms with E-state index in [9.17, 15) is 0 Å². The van der Waals surface area contributed by atoms with Crippen molar-refractivity contribution in [2.24, 2.45) is 0 Å². The number of rotatable bonds is 0. The molecule has 4 heavy (non-hydrogen) atoms. The fourth-order valence-electron chi connectivity index (χ4n) is 0. The first kappa shape index (κ1) is 26.0. The molecule has 0 rings (SSSR count). The SMILES string of the molecule is [Ca+2].[Ce+3].[Hf+4].[O-2]. The Balaban J connectivity index is 0. The third-order valence-corrected chi connectivity index (χ3v) is 0. The summed E-state index contributed by atoms with van der Waals surface area (Å²) in [7, 11) is 0. The molecule has 0 fully saturated rings. The minimum Gasteiger partial charge on any atom is -2.00 e. The summed E-state index contributed by atoms with van der Waals surface area (Å²) >= 11 is 0. The van der Waals surface area contributed by atoms with Crippen molar-refractivity contribution >= 4 is 37.7 Å². The molecule has 0 aromatic heterocycles. The van der Waals surface area contributed by atoms with Gasteiger partial charge in [-0.1, -0.05) is 0 Å². The topological polar surface area (TPSA) is 28.5 Å². The van der Waals surface area contributed by atoms with Gasteiger partial charge in [-0.05, 0) is 0 Å². The Bertz CT molecular complexity index is 8.00. The van der Waals surface area contributed by atoms with Crippen LogP contribution in [0.15, 0.2) is 0 Å². The second kappa shape index (κ2) is 16.1. The first-order chi connectivity index (χ1) is 0. The summed E-state index contributed by atoms with van der Waals surface area (Å²) in [5, 5.41) is 0. The minimum atomic E-state index is 0. The molecule has 0 aromatic rings. The van der Waals surface area contributed by atoms with Crippen LogP contribution in [0.5, 0.6) is 0 Å². The maximum absolute atomic E-state index is 0. The zero-order chi connectivity index (χ0) is 0. The summed E-state index contributed by atoms with van der Waals surface area (Å²) in [5.41, 5.74) is 0. The van der Waals surface area contributed by atoms with Crippen molar-refractivity contribution in [1.29, 1.82) is 0 Å². The monoisotopic (exact) mass is 376 g/mol. The summed E-state index contributed by atoms with van der Waals surface area (Å²) in [4.78, 5) is 0. The van der Waals surface area contributed by atoms with Gasteiger partial charge in [0.1, 0.15) is 0 Å². The minimum absolute atomic E-state index is 0. The summed E-state index contributed by atoms with van der Waals surface area (Å²) in [6.07, 6.45) is 0. The predicted octanol–water partition coefficient (Wildman–Crippen LogP) is -0.502. The van der Waals surface area contributed by atoms with Gasteiger partial charge in [-0.3, -0.25) is 0 Å². The van der Waals surface area contributed by atoms with Crippen LogP contribution in [0.4, 0.5) is 0 Å². The molecule has 0 aliphatic rings. The van der Waals surface area contributed by atoms with Gasteiger partial charge in [0.05, 0.1) is 0 Å². The molecule has 0 saturated carbocycles. The molecule has 0 bridgehead atoms. The largest absolute Gasteiger partial charge is 4.00 e. The van der Waals surface area contributed by atoms with Crippen LogP contribution >= 0.6 is 0 Å². The molecule has 0 spiro atoms. The van der Waals surface area contributed by atoms with Crippen molar-refractivity contribution in [3.63, 3.8) is 0 Å². The number of hydrogen-bond donors (Lipinski definition) is 0. The van der Waals surface area contributed by atoms with E-state index in [-0.39, 0.29) is 111 Å². The van der Waals surface area contributed by atoms with E-state index < -0.39 is 0 Å². The predicted molar refractivity (Wildman–Crippen MR) is 6.44 cm³/mol.